The third kappa shape index (κ3) is 4.91. The quantitative estimate of drug-likeness (QED) is 0.589. The molecule has 1 amide bonds. The highest BCUT2D eigenvalue weighted by atomic mass is 32.2. The van der Waals surface area contributed by atoms with Crippen LogP contribution in [0.15, 0.2) is 46.8 Å². The number of hydrogen-bond donors (Lipinski definition) is 1. The standard InChI is InChI=1S/C22H26N4OS2/c1-3-25-10-12-26(13-11-25)17-8-9-18(16(2)14-17)23-21(27)15-28-22-24-19-6-4-5-7-20(19)29-22/h4-9,14H,3,10-13,15H2,1-2H3,(H,23,27). The largest absolute Gasteiger partial charge is 0.369 e. The predicted octanol–water partition coefficient (Wildman–Crippen LogP) is 4.48. The van der Waals surface area contributed by atoms with Crippen molar-refractivity contribution in [1.82, 2.24) is 9.88 Å². The van der Waals surface area contributed by atoms with Gasteiger partial charge >= 0.3 is 0 Å². The zero-order valence-corrected chi connectivity index (χ0v) is 18.5. The number of thiazole rings is 1. The Morgan fingerprint density at radius 1 is 1.17 bits per heavy atom. The van der Waals surface area contributed by atoms with Gasteiger partial charge in [0.25, 0.3) is 0 Å². The van der Waals surface area contributed by atoms with Gasteiger partial charge in [0.05, 0.1) is 16.0 Å². The number of fused-ring (bicyclic) bond motifs is 1. The maximum Gasteiger partial charge on any atom is 0.234 e. The molecular formula is C22H26N4OS2. The van der Waals surface area contributed by atoms with Crippen molar-refractivity contribution in [2.45, 2.75) is 18.2 Å². The summed E-state index contributed by atoms with van der Waals surface area (Å²) in [6, 6.07) is 14.4. The minimum atomic E-state index is 0.00154. The van der Waals surface area contributed by atoms with Crippen LogP contribution in [0.1, 0.15) is 12.5 Å². The number of nitrogens with zero attached hydrogens (tertiary/aromatic N) is 3. The molecule has 5 nitrogen and oxygen atoms in total. The number of rotatable bonds is 6. The second-order valence-corrected chi connectivity index (χ2v) is 9.46. The molecule has 4 rings (SSSR count). The Hall–Kier alpha value is -2.09. The van der Waals surface area contributed by atoms with Crippen molar-refractivity contribution >= 4 is 50.6 Å². The fourth-order valence-electron chi connectivity index (χ4n) is 3.53. The Morgan fingerprint density at radius 3 is 2.69 bits per heavy atom. The number of hydrogen-bond acceptors (Lipinski definition) is 6. The first-order valence-electron chi connectivity index (χ1n) is 9.98. The van der Waals surface area contributed by atoms with Crippen molar-refractivity contribution in [2.24, 2.45) is 0 Å². The fourth-order valence-corrected chi connectivity index (χ4v) is 5.40. The topological polar surface area (TPSA) is 48.5 Å². The highest BCUT2D eigenvalue weighted by molar-refractivity contribution is 8.01. The summed E-state index contributed by atoms with van der Waals surface area (Å²) in [5.74, 6) is 0.363. The van der Waals surface area contributed by atoms with Gasteiger partial charge in [-0.05, 0) is 49.4 Å². The van der Waals surface area contributed by atoms with Crippen LogP contribution in [0.4, 0.5) is 11.4 Å². The Labute approximate surface area is 180 Å². The molecule has 2 heterocycles. The summed E-state index contributed by atoms with van der Waals surface area (Å²) in [6.07, 6.45) is 0. The van der Waals surface area contributed by atoms with Gasteiger partial charge in [0, 0.05) is 37.6 Å². The van der Waals surface area contributed by atoms with Crippen molar-refractivity contribution in [3.63, 3.8) is 0 Å². The van der Waals surface area contributed by atoms with E-state index >= 15 is 0 Å². The Balaban J connectivity index is 1.33. The van der Waals surface area contributed by atoms with Gasteiger partial charge in [-0.1, -0.05) is 30.8 Å². The number of amides is 1. The molecule has 1 aliphatic rings. The molecule has 0 bridgehead atoms. The summed E-state index contributed by atoms with van der Waals surface area (Å²) in [6.45, 7) is 9.71. The second-order valence-electron chi connectivity index (χ2n) is 7.20. The molecular weight excluding hydrogens is 400 g/mol. The van der Waals surface area contributed by atoms with E-state index in [4.69, 9.17) is 0 Å². The lowest BCUT2D eigenvalue weighted by atomic mass is 10.1. The van der Waals surface area contributed by atoms with E-state index in [-0.39, 0.29) is 5.91 Å². The van der Waals surface area contributed by atoms with Crippen LogP contribution in [0.25, 0.3) is 10.2 Å². The summed E-state index contributed by atoms with van der Waals surface area (Å²) < 4.78 is 2.08. The van der Waals surface area contributed by atoms with E-state index < -0.39 is 0 Å². The first kappa shape index (κ1) is 20.2. The lowest BCUT2D eigenvalue weighted by Gasteiger charge is -2.35. The van der Waals surface area contributed by atoms with E-state index in [2.05, 4.69) is 52.1 Å². The van der Waals surface area contributed by atoms with E-state index in [1.807, 2.05) is 24.3 Å². The van der Waals surface area contributed by atoms with Gasteiger partial charge in [-0.15, -0.1) is 11.3 Å². The average Bonchev–Trinajstić information content (AvgIpc) is 3.17. The number of anilines is 2. The van der Waals surface area contributed by atoms with Crippen LogP contribution < -0.4 is 10.2 Å². The third-order valence-corrected chi connectivity index (χ3v) is 7.45. The maximum atomic E-state index is 12.4. The van der Waals surface area contributed by atoms with Crippen molar-refractivity contribution in [3.8, 4) is 0 Å². The molecule has 1 aromatic heterocycles. The van der Waals surface area contributed by atoms with Crippen molar-refractivity contribution in [3.05, 3.63) is 48.0 Å². The van der Waals surface area contributed by atoms with Crippen LogP contribution in [0, 0.1) is 6.92 Å². The molecule has 7 heteroatoms. The molecule has 0 unspecified atom stereocenters. The number of nitrogens with one attached hydrogen (secondary N) is 1. The molecule has 1 N–H and O–H groups in total. The van der Waals surface area contributed by atoms with E-state index in [1.54, 1.807) is 11.3 Å². The van der Waals surface area contributed by atoms with Gasteiger partial charge in [0.1, 0.15) is 0 Å². The smallest absolute Gasteiger partial charge is 0.234 e. The van der Waals surface area contributed by atoms with Gasteiger partial charge in [-0.3, -0.25) is 4.79 Å². The van der Waals surface area contributed by atoms with E-state index in [9.17, 15) is 4.79 Å². The average molecular weight is 427 g/mol. The first-order chi connectivity index (χ1) is 14.1. The summed E-state index contributed by atoms with van der Waals surface area (Å²) in [4.78, 5) is 21.9. The van der Waals surface area contributed by atoms with Gasteiger partial charge in [-0.25, -0.2) is 4.98 Å². The number of benzene rings is 2. The zero-order chi connectivity index (χ0) is 20.2. The monoisotopic (exact) mass is 426 g/mol. The molecule has 0 aliphatic carbocycles. The Bertz CT molecular complexity index is 962. The molecule has 1 fully saturated rings. The van der Waals surface area contributed by atoms with Gasteiger partial charge in [-0.2, -0.15) is 0 Å². The minimum absolute atomic E-state index is 0.00154. The highest BCUT2D eigenvalue weighted by Crippen LogP contribution is 2.29. The van der Waals surface area contributed by atoms with Gasteiger partial charge in [0.2, 0.25) is 5.91 Å². The fraction of sp³-hybridized carbons (Fsp3) is 0.364. The Kier molecular flexibility index (Phi) is 6.37. The van der Waals surface area contributed by atoms with E-state index in [1.165, 1.54) is 17.4 Å². The molecule has 152 valence electrons. The third-order valence-electron chi connectivity index (χ3n) is 5.27. The number of likely N-dealkylation sites (N-methyl/N-ethyl adjacent to an activating group) is 1. The van der Waals surface area contributed by atoms with E-state index in [0.29, 0.717) is 5.75 Å². The van der Waals surface area contributed by atoms with Crippen LogP contribution in [0.5, 0.6) is 0 Å². The maximum absolute atomic E-state index is 12.4. The van der Waals surface area contributed by atoms with Crippen LogP contribution >= 0.6 is 23.1 Å². The van der Waals surface area contributed by atoms with E-state index in [0.717, 1.165) is 58.5 Å². The number of carbonyl (C=O) groups is 1. The van der Waals surface area contributed by atoms with Crippen LogP contribution in [0.2, 0.25) is 0 Å². The normalized spacial score (nSPS) is 15.0. The highest BCUT2D eigenvalue weighted by Gasteiger charge is 2.16. The second kappa shape index (κ2) is 9.15. The molecule has 0 spiro atoms. The molecule has 0 saturated carbocycles. The number of aryl methyl sites for hydroxylation is 1. The summed E-state index contributed by atoms with van der Waals surface area (Å²) in [7, 11) is 0. The van der Waals surface area contributed by atoms with Crippen molar-refractivity contribution < 1.29 is 4.79 Å². The molecule has 0 atom stereocenters. The number of thioether (sulfide) groups is 1. The van der Waals surface area contributed by atoms with Crippen LogP contribution in [-0.2, 0) is 4.79 Å². The van der Waals surface area contributed by atoms with Crippen molar-refractivity contribution in [2.75, 3.05) is 48.7 Å². The number of aromatic nitrogens is 1. The van der Waals surface area contributed by atoms with Crippen molar-refractivity contribution in [1.29, 1.82) is 0 Å². The van der Waals surface area contributed by atoms with Crippen LogP contribution in [-0.4, -0.2) is 54.3 Å². The molecule has 1 aliphatic heterocycles. The zero-order valence-electron chi connectivity index (χ0n) is 16.9. The molecule has 3 aromatic rings. The number of para-hydroxylation sites is 1. The molecule has 2 aromatic carbocycles. The molecule has 0 radical (unpaired) electrons. The first-order valence-corrected chi connectivity index (χ1v) is 11.8. The minimum Gasteiger partial charge on any atom is -0.369 e. The molecule has 29 heavy (non-hydrogen) atoms. The number of carbonyl (C=O) groups excluding carboxylic acids is 1. The van der Waals surface area contributed by atoms with Crippen LogP contribution in [0.3, 0.4) is 0 Å². The summed E-state index contributed by atoms with van der Waals surface area (Å²) in [5, 5.41) is 3.05. The Morgan fingerprint density at radius 2 is 1.97 bits per heavy atom. The SMILES string of the molecule is CCN1CCN(c2ccc(NC(=O)CSc3nc4ccccc4s3)c(C)c2)CC1. The summed E-state index contributed by atoms with van der Waals surface area (Å²) in [5.41, 5.74) is 4.21. The summed E-state index contributed by atoms with van der Waals surface area (Å²) >= 11 is 3.12. The lowest BCUT2D eigenvalue weighted by Crippen LogP contribution is -2.46. The van der Waals surface area contributed by atoms with Gasteiger partial charge < -0.3 is 15.1 Å². The molecule has 1 saturated heterocycles. The number of piperazine rings is 1. The lowest BCUT2D eigenvalue weighted by molar-refractivity contribution is -0.113. The predicted molar refractivity (Wildman–Crippen MR) is 124 cm³/mol. The van der Waals surface area contributed by atoms with Gasteiger partial charge in [0.15, 0.2) is 4.34 Å².